The van der Waals surface area contributed by atoms with Crippen LogP contribution in [0.1, 0.15) is 28.6 Å². The molecule has 6 heteroatoms. The normalized spacial score (nSPS) is 10.2. The molecule has 5 nitrogen and oxygen atoms in total. The van der Waals surface area contributed by atoms with Crippen molar-refractivity contribution in [3.8, 4) is 11.3 Å². The summed E-state index contributed by atoms with van der Waals surface area (Å²) >= 11 is 0. The monoisotopic (exact) mass is 372 g/mol. The molecule has 0 amide bonds. The zero-order valence-electron chi connectivity index (χ0n) is 14.5. The summed E-state index contributed by atoms with van der Waals surface area (Å²) in [5.74, 6) is 1.32. The molecule has 2 aromatic heterocycles. The molecule has 0 saturated heterocycles. The van der Waals surface area contributed by atoms with Gasteiger partial charge in [-0.2, -0.15) is 0 Å². The van der Waals surface area contributed by atoms with E-state index in [2.05, 4.69) is 10.3 Å². The van der Waals surface area contributed by atoms with Crippen LogP contribution in [0.2, 0.25) is 0 Å². The number of carbonyl (C=O) groups excluding carboxylic acids is 1. The molecule has 0 saturated carbocycles. The number of halogens is 1. The van der Waals surface area contributed by atoms with Gasteiger partial charge in [-0.3, -0.25) is 4.98 Å². The third-order valence-electron chi connectivity index (χ3n) is 3.69. The number of benzene rings is 1. The van der Waals surface area contributed by atoms with Gasteiger partial charge in [0.25, 0.3) is 0 Å². The Labute approximate surface area is 158 Å². The maximum absolute atomic E-state index is 11.7. The standard InChI is InChI=1S/C20H20N2O3.ClH/c1-2-24-20(23)17-7-5-16(6-8-17)19-10-9-18(25-19)14-22-13-15-4-3-11-21-12-15;/h3-12,22H,2,13-14H2,1H3;1H. The fraction of sp³-hybridized carbons (Fsp3) is 0.200. The van der Waals surface area contributed by atoms with Crippen molar-refractivity contribution in [1.82, 2.24) is 10.3 Å². The van der Waals surface area contributed by atoms with Gasteiger partial charge in [-0.25, -0.2) is 4.79 Å². The molecule has 26 heavy (non-hydrogen) atoms. The third-order valence-corrected chi connectivity index (χ3v) is 3.69. The molecule has 0 atom stereocenters. The van der Waals surface area contributed by atoms with Gasteiger partial charge in [-0.15, -0.1) is 12.4 Å². The van der Waals surface area contributed by atoms with E-state index >= 15 is 0 Å². The Morgan fingerprint density at radius 3 is 2.62 bits per heavy atom. The number of rotatable bonds is 7. The second kappa shape index (κ2) is 9.75. The van der Waals surface area contributed by atoms with Crippen LogP contribution in [-0.2, 0) is 17.8 Å². The molecule has 3 aromatic rings. The Hall–Kier alpha value is -2.63. The second-order valence-electron chi connectivity index (χ2n) is 5.53. The number of hydrogen-bond donors (Lipinski definition) is 1. The molecule has 1 aromatic carbocycles. The molecule has 0 spiro atoms. The Kier molecular flexibility index (Phi) is 7.38. The average molecular weight is 373 g/mol. The Bertz CT molecular complexity index is 817. The molecule has 0 radical (unpaired) electrons. The summed E-state index contributed by atoms with van der Waals surface area (Å²) in [6.45, 7) is 3.53. The first kappa shape index (κ1) is 19.7. The van der Waals surface area contributed by atoms with Crippen LogP contribution in [0.5, 0.6) is 0 Å². The number of nitrogens with one attached hydrogen (secondary N) is 1. The molecule has 0 aliphatic carbocycles. The first-order valence-corrected chi connectivity index (χ1v) is 8.22. The van der Waals surface area contributed by atoms with Gasteiger partial charge in [0.2, 0.25) is 0 Å². The lowest BCUT2D eigenvalue weighted by Gasteiger charge is -2.03. The molecule has 3 rings (SSSR count). The smallest absolute Gasteiger partial charge is 0.338 e. The van der Waals surface area contributed by atoms with E-state index in [-0.39, 0.29) is 18.4 Å². The SMILES string of the molecule is CCOC(=O)c1ccc(-c2ccc(CNCc3cccnc3)o2)cc1.Cl. The summed E-state index contributed by atoms with van der Waals surface area (Å²) in [7, 11) is 0. The van der Waals surface area contributed by atoms with Crippen molar-refractivity contribution < 1.29 is 13.9 Å². The van der Waals surface area contributed by atoms with Crippen molar-refractivity contribution >= 4 is 18.4 Å². The minimum Gasteiger partial charge on any atom is -0.462 e. The molecule has 0 unspecified atom stereocenters. The van der Waals surface area contributed by atoms with Crippen LogP contribution in [0.3, 0.4) is 0 Å². The second-order valence-corrected chi connectivity index (χ2v) is 5.53. The Morgan fingerprint density at radius 1 is 1.12 bits per heavy atom. The minimum absolute atomic E-state index is 0. The zero-order valence-corrected chi connectivity index (χ0v) is 15.3. The lowest BCUT2D eigenvalue weighted by molar-refractivity contribution is 0.0526. The van der Waals surface area contributed by atoms with Crippen LogP contribution in [-0.4, -0.2) is 17.6 Å². The Balaban J connectivity index is 0.00000243. The molecule has 0 aliphatic heterocycles. The highest BCUT2D eigenvalue weighted by molar-refractivity contribution is 5.89. The number of ether oxygens (including phenoxy) is 1. The molecule has 0 bridgehead atoms. The topological polar surface area (TPSA) is 64.4 Å². The number of esters is 1. The predicted octanol–water partition coefficient (Wildman–Crippen LogP) is 4.23. The summed E-state index contributed by atoms with van der Waals surface area (Å²) in [6, 6.07) is 15.0. The summed E-state index contributed by atoms with van der Waals surface area (Å²) in [6.07, 6.45) is 3.60. The van der Waals surface area contributed by atoms with Crippen molar-refractivity contribution in [3.05, 3.63) is 77.8 Å². The molecular weight excluding hydrogens is 352 g/mol. The molecule has 136 valence electrons. The van der Waals surface area contributed by atoms with Crippen LogP contribution in [0.25, 0.3) is 11.3 Å². The van der Waals surface area contributed by atoms with Gasteiger partial charge in [-0.05, 0) is 42.8 Å². The molecule has 0 aliphatic rings. The van der Waals surface area contributed by atoms with E-state index in [1.54, 1.807) is 25.3 Å². The zero-order chi connectivity index (χ0) is 17.5. The average Bonchev–Trinajstić information content (AvgIpc) is 3.12. The highest BCUT2D eigenvalue weighted by atomic mass is 35.5. The number of hydrogen-bond acceptors (Lipinski definition) is 5. The summed E-state index contributed by atoms with van der Waals surface area (Å²) in [5, 5.41) is 3.33. The van der Waals surface area contributed by atoms with E-state index in [4.69, 9.17) is 9.15 Å². The van der Waals surface area contributed by atoms with Crippen molar-refractivity contribution in [3.63, 3.8) is 0 Å². The van der Waals surface area contributed by atoms with Crippen LogP contribution >= 0.6 is 12.4 Å². The van der Waals surface area contributed by atoms with Gasteiger partial charge in [-0.1, -0.05) is 18.2 Å². The number of furan rings is 1. The Morgan fingerprint density at radius 2 is 1.92 bits per heavy atom. The van der Waals surface area contributed by atoms with Gasteiger partial charge < -0.3 is 14.5 Å². The number of carbonyl (C=O) groups is 1. The van der Waals surface area contributed by atoms with Gasteiger partial charge in [0.15, 0.2) is 0 Å². The van der Waals surface area contributed by atoms with Gasteiger partial charge in [0.1, 0.15) is 11.5 Å². The highest BCUT2D eigenvalue weighted by Crippen LogP contribution is 2.23. The predicted molar refractivity (Wildman–Crippen MR) is 102 cm³/mol. The molecule has 1 N–H and O–H groups in total. The first-order chi connectivity index (χ1) is 12.3. The summed E-state index contributed by atoms with van der Waals surface area (Å²) in [4.78, 5) is 15.8. The lowest BCUT2D eigenvalue weighted by Crippen LogP contribution is -2.12. The van der Waals surface area contributed by atoms with Crippen LogP contribution < -0.4 is 5.32 Å². The fourth-order valence-corrected chi connectivity index (χ4v) is 2.45. The lowest BCUT2D eigenvalue weighted by atomic mass is 10.1. The summed E-state index contributed by atoms with van der Waals surface area (Å²) in [5.41, 5.74) is 2.59. The van der Waals surface area contributed by atoms with E-state index < -0.39 is 0 Å². The molecule has 2 heterocycles. The number of nitrogens with zero attached hydrogens (tertiary/aromatic N) is 1. The highest BCUT2D eigenvalue weighted by Gasteiger charge is 2.08. The van der Waals surface area contributed by atoms with E-state index in [0.29, 0.717) is 18.7 Å². The van der Waals surface area contributed by atoms with Crippen molar-refractivity contribution in [1.29, 1.82) is 0 Å². The summed E-state index contributed by atoms with van der Waals surface area (Å²) < 4.78 is 10.8. The van der Waals surface area contributed by atoms with E-state index in [1.165, 1.54) is 0 Å². The fourth-order valence-electron chi connectivity index (χ4n) is 2.45. The van der Waals surface area contributed by atoms with Crippen LogP contribution in [0.4, 0.5) is 0 Å². The first-order valence-electron chi connectivity index (χ1n) is 8.22. The quantitative estimate of drug-likeness (QED) is 0.629. The van der Waals surface area contributed by atoms with Crippen molar-refractivity contribution in [2.45, 2.75) is 20.0 Å². The number of aromatic nitrogens is 1. The van der Waals surface area contributed by atoms with Gasteiger partial charge >= 0.3 is 5.97 Å². The maximum atomic E-state index is 11.7. The van der Waals surface area contributed by atoms with Crippen molar-refractivity contribution in [2.24, 2.45) is 0 Å². The maximum Gasteiger partial charge on any atom is 0.338 e. The number of pyridine rings is 1. The minimum atomic E-state index is -0.311. The largest absolute Gasteiger partial charge is 0.462 e. The van der Waals surface area contributed by atoms with Crippen LogP contribution in [0, 0.1) is 0 Å². The van der Waals surface area contributed by atoms with E-state index in [1.807, 2.05) is 42.6 Å². The van der Waals surface area contributed by atoms with E-state index in [0.717, 1.165) is 29.2 Å². The van der Waals surface area contributed by atoms with E-state index in [9.17, 15) is 4.79 Å². The molecular formula is C20H21ClN2O3. The molecule has 0 fully saturated rings. The van der Waals surface area contributed by atoms with Crippen molar-refractivity contribution in [2.75, 3.05) is 6.61 Å². The van der Waals surface area contributed by atoms with Crippen LogP contribution in [0.15, 0.2) is 65.3 Å². The van der Waals surface area contributed by atoms with Gasteiger partial charge in [0, 0.05) is 24.5 Å². The third kappa shape index (κ3) is 5.18. The van der Waals surface area contributed by atoms with Gasteiger partial charge in [0.05, 0.1) is 18.7 Å².